The van der Waals surface area contributed by atoms with Gasteiger partial charge in [-0.3, -0.25) is 0 Å². The molecule has 1 N–H and O–H groups in total. The highest BCUT2D eigenvalue weighted by Crippen LogP contribution is 2.22. The first kappa shape index (κ1) is 11.4. The van der Waals surface area contributed by atoms with Gasteiger partial charge in [-0.05, 0) is 43.3 Å². The fraction of sp³-hybridized carbons (Fsp3) is 0.0714. The standard InChI is InChI=1S/C14H11N3O2/c1-9-3-2-4-12(15-9)14-16-13(17-19-14)10-5-7-11(18)8-6-10/h2-8,18H,1H3. The molecule has 5 nitrogen and oxygen atoms in total. The Morgan fingerprint density at radius 2 is 1.79 bits per heavy atom. The zero-order valence-electron chi connectivity index (χ0n) is 10.2. The van der Waals surface area contributed by atoms with Gasteiger partial charge in [-0.15, -0.1) is 0 Å². The van der Waals surface area contributed by atoms with Crippen LogP contribution in [0, 0.1) is 6.92 Å². The number of pyridine rings is 1. The molecule has 5 heteroatoms. The van der Waals surface area contributed by atoms with Crippen molar-refractivity contribution in [1.82, 2.24) is 15.1 Å². The average molecular weight is 253 g/mol. The van der Waals surface area contributed by atoms with E-state index in [1.165, 1.54) is 0 Å². The van der Waals surface area contributed by atoms with Crippen LogP contribution < -0.4 is 0 Å². The van der Waals surface area contributed by atoms with Crippen LogP contribution >= 0.6 is 0 Å². The summed E-state index contributed by atoms with van der Waals surface area (Å²) in [6, 6.07) is 12.2. The topological polar surface area (TPSA) is 72.0 Å². The first-order chi connectivity index (χ1) is 9.22. The van der Waals surface area contributed by atoms with Crippen molar-refractivity contribution in [2.45, 2.75) is 6.92 Å². The summed E-state index contributed by atoms with van der Waals surface area (Å²) in [5, 5.41) is 13.2. The van der Waals surface area contributed by atoms with Gasteiger partial charge in [-0.25, -0.2) is 4.98 Å². The van der Waals surface area contributed by atoms with E-state index in [0.717, 1.165) is 11.3 Å². The van der Waals surface area contributed by atoms with E-state index in [0.29, 0.717) is 17.4 Å². The van der Waals surface area contributed by atoms with Gasteiger partial charge < -0.3 is 9.63 Å². The molecule has 0 saturated carbocycles. The van der Waals surface area contributed by atoms with Gasteiger partial charge in [0.15, 0.2) is 0 Å². The third-order valence-corrected chi connectivity index (χ3v) is 2.66. The van der Waals surface area contributed by atoms with E-state index in [4.69, 9.17) is 4.52 Å². The van der Waals surface area contributed by atoms with Crippen LogP contribution in [0.2, 0.25) is 0 Å². The Hall–Kier alpha value is -2.69. The quantitative estimate of drug-likeness (QED) is 0.760. The van der Waals surface area contributed by atoms with E-state index in [-0.39, 0.29) is 5.75 Å². The molecule has 0 saturated heterocycles. The maximum atomic E-state index is 9.24. The largest absolute Gasteiger partial charge is 0.508 e. The number of phenolic OH excluding ortho intramolecular Hbond substituents is 1. The molecular weight excluding hydrogens is 242 g/mol. The first-order valence-corrected chi connectivity index (χ1v) is 5.79. The number of aromatic nitrogens is 3. The lowest BCUT2D eigenvalue weighted by Gasteiger charge is -1.95. The van der Waals surface area contributed by atoms with Gasteiger partial charge in [0.1, 0.15) is 11.4 Å². The maximum Gasteiger partial charge on any atom is 0.276 e. The molecule has 0 aliphatic rings. The number of nitrogens with zero attached hydrogens (tertiary/aromatic N) is 3. The molecule has 2 aromatic heterocycles. The van der Waals surface area contributed by atoms with E-state index >= 15 is 0 Å². The van der Waals surface area contributed by atoms with Crippen molar-refractivity contribution < 1.29 is 9.63 Å². The van der Waals surface area contributed by atoms with Crippen molar-refractivity contribution in [2.75, 3.05) is 0 Å². The van der Waals surface area contributed by atoms with E-state index < -0.39 is 0 Å². The van der Waals surface area contributed by atoms with E-state index in [2.05, 4.69) is 15.1 Å². The van der Waals surface area contributed by atoms with Crippen LogP contribution in [-0.2, 0) is 0 Å². The van der Waals surface area contributed by atoms with Crippen molar-refractivity contribution in [1.29, 1.82) is 0 Å². The lowest BCUT2D eigenvalue weighted by atomic mass is 10.2. The number of aryl methyl sites for hydroxylation is 1. The van der Waals surface area contributed by atoms with Crippen molar-refractivity contribution in [2.24, 2.45) is 0 Å². The summed E-state index contributed by atoms with van der Waals surface area (Å²) in [5.41, 5.74) is 2.32. The van der Waals surface area contributed by atoms with Crippen LogP contribution in [-0.4, -0.2) is 20.2 Å². The molecule has 0 aliphatic carbocycles. The predicted molar refractivity (Wildman–Crippen MR) is 69.4 cm³/mol. The van der Waals surface area contributed by atoms with Crippen LogP contribution in [0.15, 0.2) is 47.0 Å². The zero-order chi connectivity index (χ0) is 13.2. The monoisotopic (exact) mass is 253 g/mol. The van der Waals surface area contributed by atoms with Gasteiger partial charge in [-0.1, -0.05) is 11.2 Å². The van der Waals surface area contributed by atoms with Crippen LogP contribution in [0.3, 0.4) is 0 Å². The van der Waals surface area contributed by atoms with Crippen LogP contribution in [0.25, 0.3) is 23.0 Å². The number of rotatable bonds is 2. The summed E-state index contributed by atoms with van der Waals surface area (Å²) in [6.45, 7) is 1.90. The minimum Gasteiger partial charge on any atom is -0.508 e. The molecule has 94 valence electrons. The number of hydrogen-bond donors (Lipinski definition) is 1. The van der Waals surface area contributed by atoms with Gasteiger partial charge in [-0.2, -0.15) is 4.98 Å². The highest BCUT2D eigenvalue weighted by Gasteiger charge is 2.11. The summed E-state index contributed by atoms with van der Waals surface area (Å²) in [5.74, 6) is 1.05. The summed E-state index contributed by atoms with van der Waals surface area (Å²) < 4.78 is 5.20. The van der Waals surface area contributed by atoms with Crippen molar-refractivity contribution >= 4 is 0 Å². The normalized spacial score (nSPS) is 10.6. The first-order valence-electron chi connectivity index (χ1n) is 5.79. The van der Waals surface area contributed by atoms with Crippen LogP contribution in [0.5, 0.6) is 5.75 Å². The third-order valence-electron chi connectivity index (χ3n) is 2.66. The Morgan fingerprint density at radius 1 is 1.00 bits per heavy atom. The molecule has 1 aromatic carbocycles. The van der Waals surface area contributed by atoms with Gasteiger partial charge in [0.05, 0.1) is 0 Å². The SMILES string of the molecule is Cc1cccc(-c2nc(-c3ccc(O)cc3)no2)n1. The summed E-state index contributed by atoms with van der Waals surface area (Å²) in [4.78, 5) is 8.63. The second kappa shape index (κ2) is 4.53. The van der Waals surface area contributed by atoms with Crippen molar-refractivity contribution in [3.8, 4) is 28.7 Å². The predicted octanol–water partition coefficient (Wildman–Crippen LogP) is 2.81. The molecular formula is C14H11N3O2. The van der Waals surface area contributed by atoms with Gasteiger partial charge >= 0.3 is 0 Å². The fourth-order valence-corrected chi connectivity index (χ4v) is 1.72. The average Bonchev–Trinajstić information content (AvgIpc) is 2.89. The molecule has 0 bridgehead atoms. The number of phenols is 1. The second-order valence-corrected chi connectivity index (χ2v) is 4.13. The highest BCUT2D eigenvalue weighted by molar-refractivity contribution is 5.58. The Balaban J connectivity index is 1.97. The van der Waals surface area contributed by atoms with E-state index in [1.807, 2.05) is 25.1 Å². The Labute approximate surface area is 109 Å². The number of aromatic hydroxyl groups is 1. The molecule has 0 unspecified atom stereocenters. The smallest absolute Gasteiger partial charge is 0.276 e. The fourth-order valence-electron chi connectivity index (χ4n) is 1.72. The van der Waals surface area contributed by atoms with Crippen molar-refractivity contribution in [3.63, 3.8) is 0 Å². The number of hydrogen-bond acceptors (Lipinski definition) is 5. The lowest BCUT2D eigenvalue weighted by molar-refractivity contribution is 0.431. The molecule has 19 heavy (non-hydrogen) atoms. The van der Waals surface area contributed by atoms with Crippen LogP contribution in [0.4, 0.5) is 0 Å². The molecule has 2 heterocycles. The molecule has 0 spiro atoms. The third kappa shape index (κ3) is 2.30. The number of benzene rings is 1. The molecule has 0 fully saturated rings. The molecule has 0 aliphatic heterocycles. The Morgan fingerprint density at radius 3 is 2.53 bits per heavy atom. The Kier molecular flexibility index (Phi) is 2.72. The lowest BCUT2D eigenvalue weighted by Crippen LogP contribution is -1.86. The second-order valence-electron chi connectivity index (χ2n) is 4.13. The van der Waals surface area contributed by atoms with Gasteiger partial charge in [0.25, 0.3) is 5.89 Å². The maximum absolute atomic E-state index is 9.24. The van der Waals surface area contributed by atoms with E-state index in [9.17, 15) is 5.11 Å². The molecule has 3 aromatic rings. The molecule has 0 radical (unpaired) electrons. The van der Waals surface area contributed by atoms with Crippen LogP contribution in [0.1, 0.15) is 5.69 Å². The molecule has 0 amide bonds. The summed E-state index contributed by atoms with van der Waals surface area (Å²) in [6.07, 6.45) is 0. The minimum atomic E-state index is 0.202. The van der Waals surface area contributed by atoms with Gasteiger partial charge in [0.2, 0.25) is 5.82 Å². The summed E-state index contributed by atoms with van der Waals surface area (Å²) >= 11 is 0. The Bertz CT molecular complexity index is 705. The van der Waals surface area contributed by atoms with E-state index in [1.54, 1.807) is 24.3 Å². The summed E-state index contributed by atoms with van der Waals surface area (Å²) in [7, 11) is 0. The molecule has 3 rings (SSSR count). The van der Waals surface area contributed by atoms with Crippen molar-refractivity contribution in [3.05, 3.63) is 48.2 Å². The van der Waals surface area contributed by atoms with Gasteiger partial charge in [0, 0.05) is 11.3 Å². The molecule has 0 atom stereocenters. The zero-order valence-corrected chi connectivity index (χ0v) is 10.2. The minimum absolute atomic E-state index is 0.202. The highest BCUT2D eigenvalue weighted by atomic mass is 16.5.